The van der Waals surface area contributed by atoms with E-state index in [1.165, 1.54) is 0 Å². The highest BCUT2D eigenvalue weighted by atomic mass is 16.5. The molecular formula is C21H21N3O2. The van der Waals surface area contributed by atoms with E-state index in [0.29, 0.717) is 18.8 Å². The van der Waals surface area contributed by atoms with Crippen molar-refractivity contribution in [2.75, 3.05) is 13.1 Å². The zero-order chi connectivity index (χ0) is 17.9. The third kappa shape index (κ3) is 3.52. The fourth-order valence-corrected chi connectivity index (χ4v) is 3.24. The van der Waals surface area contributed by atoms with Gasteiger partial charge in [-0.3, -0.25) is 9.78 Å². The largest absolute Gasteiger partial charge is 0.489 e. The number of likely N-dealkylation sites (tertiary alicyclic amines) is 1. The van der Waals surface area contributed by atoms with E-state index in [-0.39, 0.29) is 12.0 Å². The van der Waals surface area contributed by atoms with Crippen LogP contribution in [0.2, 0.25) is 0 Å². The SMILES string of the molecule is Cc1ccc(OC2CCN(C(=O)c3ccc4ccccc4n3)CC2)cn1. The van der Waals surface area contributed by atoms with Crippen LogP contribution >= 0.6 is 0 Å². The first-order valence-corrected chi connectivity index (χ1v) is 8.93. The number of pyridine rings is 2. The van der Waals surface area contributed by atoms with Gasteiger partial charge in [-0.25, -0.2) is 4.98 Å². The van der Waals surface area contributed by atoms with Gasteiger partial charge in [0.15, 0.2) is 0 Å². The van der Waals surface area contributed by atoms with Crippen LogP contribution in [0.5, 0.6) is 5.75 Å². The standard InChI is InChI=1S/C21H21N3O2/c1-15-6-8-18(14-22-15)26-17-10-12-24(13-11-17)21(25)20-9-7-16-4-2-3-5-19(16)23-20/h2-9,14,17H,10-13H2,1H3. The van der Waals surface area contributed by atoms with Gasteiger partial charge in [-0.2, -0.15) is 0 Å². The molecule has 0 unspecified atom stereocenters. The van der Waals surface area contributed by atoms with E-state index in [9.17, 15) is 4.79 Å². The van der Waals surface area contributed by atoms with Crippen molar-refractivity contribution in [3.63, 3.8) is 0 Å². The average Bonchev–Trinajstić information content (AvgIpc) is 2.69. The van der Waals surface area contributed by atoms with E-state index in [4.69, 9.17) is 4.74 Å². The topological polar surface area (TPSA) is 55.3 Å². The number of nitrogens with zero attached hydrogens (tertiary/aromatic N) is 3. The molecule has 1 fully saturated rings. The molecule has 1 saturated heterocycles. The number of para-hydroxylation sites is 1. The van der Waals surface area contributed by atoms with Gasteiger partial charge in [0, 0.05) is 37.0 Å². The molecule has 26 heavy (non-hydrogen) atoms. The summed E-state index contributed by atoms with van der Waals surface area (Å²) in [5.41, 5.74) is 2.33. The van der Waals surface area contributed by atoms with Crippen LogP contribution in [0.4, 0.5) is 0 Å². The van der Waals surface area contributed by atoms with Crippen molar-refractivity contribution in [2.45, 2.75) is 25.9 Å². The van der Waals surface area contributed by atoms with E-state index in [0.717, 1.165) is 35.2 Å². The van der Waals surface area contributed by atoms with Crippen molar-refractivity contribution in [3.8, 4) is 5.75 Å². The molecule has 5 heteroatoms. The third-order valence-corrected chi connectivity index (χ3v) is 4.73. The Morgan fingerprint density at radius 1 is 1.08 bits per heavy atom. The minimum Gasteiger partial charge on any atom is -0.489 e. The van der Waals surface area contributed by atoms with Crippen molar-refractivity contribution in [2.24, 2.45) is 0 Å². The lowest BCUT2D eigenvalue weighted by molar-refractivity contribution is 0.0590. The predicted octanol–water partition coefficient (Wildman–Crippen LogP) is 3.62. The van der Waals surface area contributed by atoms with Crippen LogP contribution in [0.3, 0.4) is 0 Å². The van der Waals surface area contributed by atoms with Crippen LogP contribution in [0.25, 0.3) is 10.9 Å². The van der Waals surface area contributed by atoms with Crippen LogP contribution in [0.15, 0.2) is 54.7 Å². The second-order valence-corrected chi connectivity index (χ2v) is 6.63. The molecule has 1 aromatic carbocycles. The van der Waals surface area contributed by atoms with Gasteiger partial charge in [-0.15, -0.1) is 0 Å². The van der Waals surface area contributed by atoms with Crippen molar-refractivity contribution < 1.29 is 9.53 Å². The molecule has 0 bridgehead atoms. The Balaban J connectivity index is 1.38. The van der Waals surface area contributed by atoms with E-state index >= 15 is 0 Å². The van der Waals surface area contributed by atoms with Gasteiger partial charge in [-0.1, -0.05) is 24.3 Å². The van der Waals surface area contributed by atoms with Gasteiger partial charge >= 0.3 is 0 Å². The van der Waals surface area contributed by atoms with Crippen molar-refractivity contribution >= 4 is 16.8 Å². The Bertz CT molecular complexity index is 916. The van der Waals surface area contributed by atoms with Crippen molar-refractivity contribution in [1.82, 2.24) is 14.9 Å². The Hall–Kier alpha value is -2.95. The number of rotatable bonds is 3. The Morgan fingerprint density at radius 3 is 2.65 bits per heavy atom. The normalized spacial score (nSPS) is 15.2. The zero-order valence-corrected chi connectivity index (χ0v) is 14.8. The zero-order valence-electron chi connectivity index (χ0n) is 14.8. The highest BCUT2D eigenvalue weighted by molar-refractivity contribution is 5.94. The van der Waals surface area contributed by atoms with Crippen LogP contribution < -0.4 is 4.74 Å². The maximum Gasteiger partial charge on any atom is 0.272 e. The van der Waals surface area contributed by atoms with Crippen LogP contribution in [-0.2, 0) is 0 Å². The number of aryl methyl sites for hydroxylation is 1. The number of aromatic nitrogens is 2. The maximum absolute atomic E-state index is 12.8. The molecule has 3 aromatic rings. The van der Waals surface area contributed by atoms with Gasteiger partial charge in [0.25, 0.3) is 5.91 Å². The predicted molar refractivity (Wildman–Crippen MR) is 100 cm³/mol. The van der Waals surface area contributed by atoms with Gasteiger partial charge < -0.3 is 9.64 Å². The Labute approximate surface area is 152 Å². The van der Waals surface area contributed by atoms with Crippen LogP contribution in [0, 0.1) is 6.92 Å². The molecule has 132 valence electrons. The molecule has 1 aliphatic rings. The molecule has 0 radical (unpaired) electrons. The van der Waals surface area contributed by atoms with Crippen molar-refractivity contribution in [1.29, 1.82) is 0 Å². The number of amides is 1. The smallest absolute Gasteiger partial charge is 0.272 e. The lowest BCUT2D eigenvalue weighted by atomic mass is 10.1. The summed E-state index contributed by atoms with van der Waals surface area (Å²) in [7, 11) is 0. The third-order valence-electron chi connectivity index (χ3n) is 4.73. The molecule has 0 N–H and O–H groups in total. The number of benzene rings is 1. The Kier molecular flexibility index (Phi) is 4.52. The molecule has 0 saturated carbocycles. The number of fused-ring (bicyclic) bond motifs is 1. The van der Waals surface area contributed by atoms with E-state index in [1.807, 2.05) is 60.4 Å². The summed E-state index contributed by atoms with van der Waals surface area (Å²) in [5.74, 6) is 0.780. The molecule has 5 nitrogen and oxygen atoms in total. The average molecular weight is 347 g/mol. The fourth-order valence-electron chi connectivity index (χ4n) is 3.24. The minimum atomic E-state index is -0.00814. The summed E-state index contributed by atoms with van der Waals surface area (Å²) in [4.78, 5) is 23.4. The van der Waals surface area contributed by atoms with E-state index in [1.54, 1.807) is 6.20 Å². The summed E-state index contributed by atoms with van der Waals surface area (Å²) in [6.07, 6.45) is 3.50. The first-order valence-electron chi connectivity index (χ1n) is 8.93. The quantitative estimate of drug-likeness (QED) is 0.726. The van der Waals surface area contributed by atoms with Gasteiger partial charge in [0.05, 0.1) is 11.7 Å². The first kappa shape index (κ1) is 16.5. The van der Waals surface area contributed by atoms with E-state index in [2.05, 4.69) is 9.97 Å². The monoisotopic (exact) mass is 347 g/mol. The minimum absolute atomic E-state index is 0.00814. The number of carbonyl (C=O) groups is 1. The molecule has 0 spiro atoms. The number of carbonyl (C=O) groups excluding carboxylic acids is 1. The second kappa shape index (κ2) is 7.12. The molecule has 1 aliphatic heterocycles. The van der Waals surface area contributed by atoms with Gasteiger partial charge in [-0.05, 0) is 31.2 Å². The highest BCUT2D eigenvalue weighted by Gasteiger charge is 2.25. The summed E-state index contributed by atoms with van der Waals surface area (Å²) >= 11 is 0. The first-order chi connectivity index (χ1) is 12.7. The molecule has 0 atom stereocenters. The summed E-state index contributed by atoms with van der Waals surface area (Å²) < 4.78 is 5.99. The molecule has 4 rings (SSSR count). The van der Waals surface area contributed by atoms with E-state index < -0.39 is 0 Å². The fraction of sp³-hybridized carbons (Fsp3) is 0.286. The summed E-state index contributed by atoms with van der Waals surface area (Å²) in [6.45, 7) is 3.31. The second-order valence-electron chi connectivity index (χ2n) is 6.63. The Morgan fingerprint density at radius 2 is 1.88 bits per heavy atom. The number of hydrogen-bond acceptors (Lipinski definition) is 4. The van der Waals surface area contributed by atoms with Gasteiger partial charge in [0.1, 0.15) is 17.5 Å². The summed E-state index contributed by atoms with van der Waals surface area (Å²) in [6, 6.07) is 15.5. The van der Waals surface area contributed by atoms with Crippen LogP contribution in [0.1, 0.15) is 29.0 Å². The lowest BCUT2D eigenvalue weighted by Gasteiger charge is -2.32. The molecule has 2 aromatic heterocycles. The summed E-state index contributed by atoms with van der Waals surface area (Å²) in [5, 5.41) is 1.04. The van der Waals surface area contributed by atoms with Crippen LogP contribution in [-0.4, -0.2) is 40.0 Å². The van der Waals surface area contributed by atoms with Crippen molar-refractivity contribution in [3.05, 3.63) is 66.1 Å². The maximum atomic E-state index is 12.8. The highest BCUT2D eigenvalue weighted by Crippen LogP contribution is 2.20. The van der Waals surface area contributed by atoms with Gasteiger partial charge in [0.2, 0.25) is 0 Å². The number of piperidine rings is 1. The number of hydrogen-bond donors (Lipinski definition) is 0. The lowest BCUT2D eigenvalue weighted by Crippen LogP contribution is -2.42. The molecule has 1 amide bonds. The molecule has 0 aliphatic carbocycles. The number of ether oxygens (including phenoxy) is 1. The molecular weight excluding hydrogens is 326 g/mol. The molecule has 3 heterocycles.